The van der Waals surface area contributed by atoms with E-state index in [2.05, 4.69) is 6.92 Å². The Morgan fingerprint density at radius 2 is 2.11 bits per heavy atom. The topological polar surface area (TPSA) is 38.7 Å². The van der Waals surface area contributed by atoms with Gasteiger partial charge in [0.25, 0.3) is 0 Å². The minimum Gasteiger partial charge on any atom is -0.493 e. The van der Waals surface area contributed by atoms with E-state index in [-0.39, 0.29) is 6.61 Å². The molecule has 0 saturated heterocycles. The van der Waals surface area contributed by atoms with Crippen molar-refractivity contribution < 1.29 is 14.6 Å². The van der Waals surface area contributed by atoms with Crippen LogP contribution in [-0.4, -0.2) is 18.3 Å². The molecule has 1 aromatic carbocycles. The number of benzene rings is 1. The van der Waals surface area contributed by atoms with Crippen LogP contribution in [0.3, 0.4) is 0 Å². The maximum Gasteiger partial charge on any atom is 0.161 e. The van der Waals surface area contributed by atoms with Crippen LogP contribution in [0.2, 0.25) is 0 Å². The van der Waals surface area contributed by atoms with Crippen molar-refractivity contribution in [2.24, 2.45) is 5.92 Å². The van der Waals surface area contributed by atoms with Crippen molar-refractivity contribution in [2.75, 3.05) is 7.11 Å². The number of aliphatic hydroxyl groups excluding tert-OH is 1. The summed E-state index contributed by atoms with van der Waals surface area (Å²) >= 11 is 0. The largest absolute Gasteiger partial charge is 0.493 e. The van der Waals surface area contributed by atoms with E-state index < -0.39 is 0 Å². The summed E-state index contributed by atoms with van der Waals surface area (Å²) in [5.74, 6) is 2.30. The minimum atomic E-state index is 0.0258. The summed E-state index contributed by atoms with van der Waals surface area (Å²) in [5.41, 5.74) is 0.847. The van der Waals surface area contributed by atoms with Crippen molar-refractivity contribution in [1.82, 2.24) is 0 Å². The summed E-state index contributed by atoms with van der Waals surface area (Å²) in [5, 5.41) is 9.14. The Labute approximate surface area is 115 Å². The Morgan fingerprint density at radius 1 is 1.26 bits per heavy atom. The van der Waals surface area contributed by atoms with Crippen LogP contribution >= 0.6 is 0 Å². The third-order valence-electron chi connectivity index (χ3n) is 4.02. The predicted molar refractivity (Wildman–Crippen MR) is 75.6 cm³/mol. The molecule has 0 amide bonds. The highest BCUT2D eigenvalue weighted by molar-refractivity contribution is 5.42. The third kappa shape index (κ3) is 3.63. The average Bonchev–Trinajstić information content (AvgIpc) is 2.48. The van der Waals surface area contributed by atoms with E-state index >= 15 is 0 Å². The molecule has 1 aromatic rings. The fourth-order valence-corrected chi connectivity index (χ4v) is 2.81. The van der Waals surface area contributed by atoms with Gasteiger partial charge in [-0.25, -0.2) is 0 Å². The number of rotatable bonds is 5. The summed E-state index contributed by atoms with van der Waals surface area (Å²) in [6, 6.07) is 5.63. The molecule has 1 aliphatic rings. The molecule has 0 heterocycles. The summed E-state index contributed by atoms with van der Waals surface area (Å²) in [7, 11) is 1.64. The van der Waals surface area contributed by atoms with E-state index in [0.717, 1.165) is 30.1 Å². The molecule has 0 bridgehead atoms. The molecule has 0 aromatic heterocycles. The first kappa shape index (κ1) is 14.2. The van der Waals surface area contributed by atoms with Gasteiger partial charge >= 0.3 is 0 Å². The first-order valence-electron chi connectivity index (χ1n) is 7.21. The molecule has 2 atom stereocenters. The van der Waals surface area contributed by atoms with E-state index in [4.69, 9.17) is 14.6 Å². The second-order valence-corrected chi connectivity index (χ2v) is 5.32. The van der Waals surface area contributed by atoms with Gasteiger partial charge in [0.1, 0.15) is 0 Å². The molecular weight excluding hydrogens is 240 g/mol. The second kappa shape index (κ2) is 6.80. The van der Waals surface area contributed by atoms with Crippen LogP contribution in [0.1, 0.15) is 44.6 Å². The summed E-state index contributed by atoms with van der Waals surface area (Å²) < 4.78 is 11.4. The van der Waals surface area contributed by atoms with Gasteiger partial charge in [-0.15, -0.1) is 0 Å². The maximum atomic E-state index is 9.14. The summed E-state index contributed by atoms with van der Waals surface area (Å²) in [6.45, 7) is 2.28. The van der Waals surface area contributed by atoms with Gasteiger partial charge in [0, 0.05) is 0 Å². The number of hydrogen-bond acceptors (Lipinski definition) is 3. The lowest BCUT2D eigenvalue weighted by molar-refractivity contribution is 0.118. The highest BCUT2D eigenvalue weighted by Gasteiger charge is 2.23. The molecule has 0 spiro atoms. The quantitative estimate of drug-likeness (QED) is 0.884. The van der Waals surface area contributed by atoms with E-state index in [9.17, 15) is 0 Å². The Balaban J connectivity index is 2.05. The highest BCUT2D eigenvalue weighted by Crippen LogP contribution is 2.34. The van der Waals surface area contributed by atoms with Crippen molar-refractivity contribution in [3.63, 3.8) is 0 Å². The lowest BCUT2D eigenvalue weighted by Crippen LogP contribution is -2.25. The molecule has 0 aliphatic heterocycles. The van der Waals surface area contributed by atoms with E-state index in [1.807, 2.05) is 18.2 Å². The average molecular weight is 264 g/mol. The lowest BCUT2D eigenvalue weighted by Gasteiger charge is -2.29. The van der Waals surface area contributed by atoms with Gasteiger partial charge < -0.3 is 14.6 Å². The van der Waals surface area contributed by atoms with Crippen molar-refractivity contribution in [1.29, 1.82) is 0 Å². The van der Waals surface area contributed by atoms with Gasteiger partial charge in [-0.1, -0.05) is 25.8 Å². The van der Waals surface area contributed by atoms with Crippen LogP contribution in [0, 0.1) is 5.92 Å². The van der Waals surface area contributed by atoms with Crippen molar-refractivity contribution in [2.45, 2.75) is 51.7 Å². The van der Waals surface area contributed by atoms with Crippen molar-refractivity contribution >= 4 is 0 Å². The van der Waals surface area contributed by atoms with Crippen LogP contribution < -0.4 is 9.47 Å². The number of aliphatic hydroxyl groups is 1. The Kier molecular flexibility index (Phi) is 5.08. The summed E-state index contributed by atoms with van der Waals surface area (Å²) in [6.07, 6.45) is 6.38. The molecule has 1 fully saturated rings. The van der Waals surface area contributed by atoms with Crippen LogP contribution in [0.25, 0.3) is 0 Å². The van der Waals surface area contributed by atoms with Gasteiger partial charge in [0.2, 0.25) is 0 Å². The lowest BCUT2D eigenvalue weighted by atomic mass is 9.85. The first-order valence-corrected chi connectivity index (χ1v) is 7.21. The first-order chi connectivity index (χ1) is 9.26. The highest BCUT2D eigenvalue weighted by atomic mass is 16.5. The zero-order chi connectivity index (χ0) is 13.7. The molecule has 3 heteroatoms. The third-order valence-corrected chi connectivity index (χ3v) is 4.02. The maximum absolute atomic E-state index is 9.14. The predicted octanol–water partition coefficient (Wildman–Crippen LogP) is 3.54. The van der Waals surface area contributed by atoms with Gasteiger partial charge in [0.05, 0.1) is 19.8 Å². The Hall–Kier alpha value is -1.22. The monoisotopic (exact) mass is 264 g/mol. The second-order valence-electron chi connectivity index (χ2n) is 5.32. The van der Waals surface area contributed by atoms with E-state index in [1.54, 1.807) is 7.11 Å². The van der Waals surface area contributed by atoms with Gasteiger partial charge in [-0.05, 0) is 42.9 Å². The molecule has 1 aliphatic carbocycles. The van der Waals surface area contributed by atoms with Crippen LogP contribution in [0.15, 0.2) is 18.2 Å². The number of methoxy groups -OCH3 is 1. The molecule has 2 unspecified atom stereocenters. The van der Waals surface area contributed by atoms with Crippen LogP contribution in [0.5, 0.6) is 11.5 Å². The van der Waals surface area contributed by atoms with Crippen LogP contribution in [0.4, 0.5) is 0 Å². The SMILES string of the molecule is CCC1CCCC(Oc2ccc(CO)cc2OC)C1. The molecule has 3 nitrogen and oxygen atoms in total. The summed E-state index contributed by atoms with van der Waals surface area (Å²) in [4.78, 5) is 0. The smallest absolute Gasteiger partial charge is 0.161 e. The Morgan fingerprint density at radius 3 is 2.79 bits per heavy atom. The fourth-order valence-electron chi connectivity index (χ4n) is 2.81. The fraction of sp³-hybridized carbons (Fsp3) is 0.625. The van der Waals surface area contributed by atoms with Gasteiger partial charge in [-0.3, -0.25) is 0 Å². The van der Waals surface area contributed by atoms with Crippen LogP contribution in [-0.2, 0) is 6.61 Å². The molecular formula is C16H24O3. The standard InChI is InChI=1S/C16H24O3/c1-3-12-5-4-6-14(9-12)19-15-8-7-13(11-17)10-16(15)18-2/h7-8,10,12,14,17H,3-6,9,11H2,1-2H3. The molecule has 2 rings (SSSR count). The van der Waals surface area contributed by atoms with Crippen molar-refractivity contribution in [3.8, 4) is 11.5 Å². The minimum absolute atomic E-state index is 0.0258. The molecule has 0 radical (unpaired) electrons. The zero-order valence-corrected chi connectivity index (χ0v) is 11.9. The Bertz CT molecular complexity index is 403. The molecule has 1 saturated carbocycles. The normalized spacial score (nSPS) is 23.1. The van der Waals surface area contributed by atoms with Crippen molar-refractivity contribution in [3.05, 3.63) is 23.8 Å². The molecule has 19 heavy (non-hydrogen) atoms. The number of hydrogen-bond donors (Lipinski definition) is 1. The van der Waals surface area contributed by atoms with E-state index in [1.165, 1.54) is 19.3 Å². The number of ether oxygens (including phenoxy) is 2. The van der Waals surface area contributed by atoms with E-state index in [0.29, 0.717) is 11.9 Å². The molecule has 1 N–H and O–H groups in total. The zero-order valence-electron chi connectivity index (χ0n) is 11.9. The molecule has 106 valence electrons. The van der Waals surface area contributed by atoms with Gasteiger partial charge in [-0.2, -0.15) is 0 Å². The van der Waals surface area contributed by atoms with Gasteiger partial charge in [0.15, 0.2) is 11.5 Å².